The third-order valence-corrected chi connectivity index (χ3v) is 10.8. The van der Waals surface area contributed by atoms with Gasteiger partial charge in [0.05, 0.1) is 10.2 Å². The third kappa shape index (κ3) is 6.50. The van der Waals surface area contributed by atoms with E-state index < -0.39 is 0 Å². The summed E-state index contributed by atoms with van der Waals surface area (Å²) in [6.45, 7) is 13.9. The van der Waals surface area contributed by atoms with Crippen LogP contribution >= 0.6 is 22.6 Å². The molecule has 0 N–H and O–H groups in total. The first-order valence-corrected chi connectivity index (χ1v) is 17.9. The number of nitrogens with zero attached hydrogens (tertiary/aromatic N) is 1. The summed E-state index contributed by atoms with van der Waals surface area (Å²) in [5, 5.41) is 0. The highest BCUT2D eigenvalue weighted by atomic mass is 127. The number of carbonyl (C=O) groups excluding carboxylic acids is 2. The van der Waals surface area contributed by atoms with Gasteiger partial charge >= 0.3 is 0 Å². The van der Waals surface area contributed by atoms with Crippen molar-refractivity contribution < 1.29 is 19.1 Å². The number of carbonyl (C=O) groups is 2. The fraction of sp³-hybridized carbons (Fsp3) is 0.538. The van der Waals surface area contributed by atoms with Crippen LogP contribution in [0.4, 0.5) is 0 Å². The molecule has 1 heterocycles. The molecule has 1 saturated carbocycles. The van der Waals surface area contributed by atoms with Gasteiger partial charge in [0.2, 0.25) is 0 Å². The second kappa shape index (κ2) is 12.5. The Morgan fingerprint density at radius 1 is 0.844 bits per heavy atom. The molecule has 0 amide bonds. The maximum absolute atomic E-state index is 14.3. The third-order valence-electron chi connectivity index (χ3n) is 10.0. The molecule has 0 spiro atoms. The van der Waals surface area contributed by atoms with Crippen molar-refractivity contribution in [1.82, 2.24) is 4.90 Å². The van der Waals surface area contributed by atoms with E-state index in [-0.39, 0.29) is 28.3 Å². The summed E-state index contributed by atoms with van der Waals surface area (Å²) < 4.78 is 13.6. The summed E-state index contributed by atoms with van der Waals surface area (Å²) in [6.07, 6.45) is 8.57. The smallest absolute Gasteiger partial charge is 0.174 e. The first-order chi connectivity index (χ1) is 21.4. The van der Waals surface area contributed by atoms with Crippen LogP contribution in [-0.4, -0.2) is 29.1 Å². The van der Waals surface area contributed by atoms with Crippen molar-refractivity contribution in [2.45, 2.75) is 118 Å². The minimum absolute atomic E-state index is 0.127. The number of benzene rings is 2. The first-order valence-electron chi connectivity index (χ1n) is 16.8. The summed E-state index contributed by atoms with van der Waals surface area (Å²) >= 11 is 2.34. The Morgan fingerprint density at radius 2 is 1.47 bits per heavy atom. The zero-order valence-electron chi connectivity index (χ0n) is 27.9. The first kappa shape index (κ1) is 32.3. The van der Waals surface area contributed by atoms with Crippen molar-refractivity contribution in [3.05, 3.63) is 79.2 Å². The maximum Gasteiger partial charge on any atom is 0.174 e. The molecule has 0 atom stereocenters. The Hall–Kier alpha value is -2.61. The number of allylic oxidation sites excluding steroid dienone is 4. The van der Waals surface area contributed by atoms with E-state index in [0.717, 1.165) is 51.5 Å². The van der Waals surface area contributed by atoms with Crippen molar-refractivity contribution >= 4 is 34.2 Å². The molecule has 0 aromatic heterocycles. The van der Waals surface area contributed by atoms with Crippen molar-refractivity contribution in [3.63, 3.8) is 0 Å². The summed E-state index contributed by atoms with van der Waals surface area (Å²) in [5.74, 6) is 1.35. The Morgan fingerprint density at radius 3 is 2.04 bits per heavy atom. The van der Waals surface area contributed by atoms with E-state index >= 15 is 0 Å². The number of rotatable bonds is 7. The van der Waals surface area contributed by atoms with Gasteiger partial charge in [-0.25, -0.2) is 0 Å². The zero-order valence-corrected chi connectivity index (χ0v) is 30.0. The molecule has 1 aliphatic heterocycles. The van der Waals surface area contributed by atoms with E-state index in [9.17, 15) is 9.59 Å². The normalized spacial score (nSPS) is 22.0. The molecule has 6 heteroatoms. The Labute approximate surface area is 283 Å². The number of ether oxygens (including phenoxy) is 2. The SMILES string of the molecule is CCOc1cc(C2C3=C(CC(C)(C)CC3=O)N(C3CCCCC3)C3=C2C(=O)CC(C)(C)C3)cc(I)c1OCc1cccc(C)c1. The molecule has 1 fully saturated rings. The van der Waals surface area contributed by atoms with Crippen LogP contribution in [0, 0.1) is 21.3 Å². The van der Waals surface area contributed by atoms with Crippen LogP contribution < -0.4 is 9.47 Å². The van der Waals surface area contributed by atoms with Crippen molar-refractivity contribution in [2.24, 2.45) is 10.8 Å². The van der Waals surface area contributed by atoms with Crippen LogP contribution in [-0.2, 0) is 16.2 Å². The summed E-state index contributed by atoms with van der Waals surface area (Å²) in [4.78, 5) is 31.2. The number of halogens is 1. The van der Waals surface area contributed by atoms with Crippen LogP contribution in [0.5, 0.6) is 11.5 Å². The molecule has 5 nitrogen and oxygen atoms in total. The lowest BCUT2D eigenvalue weighted by Gasteiger charge is -2.52. The van der Waals surface area contributed by atoms with E-state index in [4.69, 9.17) is 9.47 Å². The quantitative estimate of drug-likeness (QED) is 0.267. The van der Waals surface area contributed by atoms with E-state index in [1.165, 1.54) is 36.2 Å². The van der Waals surface area contributed by atoms with Crippen LogP contribution in [0.2, 0.25) is 0 Å². The zero-order chi connectivity index (χ0) is 32.1. The monoisotopic (exact) mass is 721 g/mol. The van der Waals surface area contributed by atoms with Gasteiger partial charge in [0.1, 0.15) is 6.61 Å². The molecule has 45 heavy (non-hydrogen) atoms. The number of Topliss-reactive ketones (excluding diaryl/α,β-unsaturated/α-hetero) is 2. The van der Waals surface area contributed by atoms with E-state index in [2.05, 4.69) is 86.4 Å². The highest BCUT2D eigenvalue weighted by Gasteiger charge is 2.50. The van der Waals surface area contributed by atoms with Gasteiger partial charge in [-0.15, -0.1) is 0 Å². The van der Waals surface area contributed by atoms with Crippen molar-refractivity contribution in [3.8, 4) is 11.5 Å². The predicted octanol–water partition coefficient (Wildman–Crippen LogP) is 9.60. The van der Waals surface area contributed by atoms with Gasteiger partial charge in [-0.3, -0.25) is 9.59 Å². The van der Waals surface area contributed by atoms with E-state index in [1.807, 2.05) is 19.1 Å². The minimum atomic E-state index is -0.388. The summed E-state index contributed by atoms with van der Waals surface area (Å²) in [6, 6.07) is 12.9. The van der Waals surface area contributed by atoms with Crippen LogP contribution in [0.1, 0.15) is 115 Å². The lowest BCUT2D eigenvalue weighted by molar-refractivity contribution is -0.119. The Kier molecular flexibility index (Phi) is 9.01. The van der Waals surface area contributed by atoms with Gasteiger partial charge in [-0.1, -0.05) is 76.8 Å². The molecule has 2 aromatic rings. The van der Waals surface area contributed by atoms with Gasteiger partial charge in [0, 0.05) is 47.3 Å². The van der Waals surface area contributed by atoms with Gasteiger partial charge in [-0.05, 0) is 96.2 Å². The van der Waals surface area contributed by atoms with Crippen molar-refractivity contribution in [1.29, 1.82) is 0 Å². The molecule has 240 valence electrons. The lowest BCUT2D eigenvalue weighted by atomic mass is 9.63. The van der Waals surface area contributed by atoms with Crippen molar-refractivity contribution in [2.75, 3.05) is 6.61 Å². The van der Waals surface area contributed by atoms with Crippen LogP contribution in [0.3, 0.4) is 0 Å². The number of hydrogen-bond acceptors (Lipinski definition) is 5. The molecule has 6 rings (SSSR count). The Bertz CT molecular complexity index is 1520. The van der Waals surface area contributed by atoms with E-state index in [0.29, 0.717) is 43.6 Å². The fourth-order valence-electron chi connectivity index (χ4n) is 8.22. The number of hydrogen-bond donors (Lipinski definition) is 0. The summed E-state index contributed by atoms with van der Waals surface area (Å²) in [5.41, 5.74) is 7.03. The maximum atomic E-state index is 14.3. The van der Waals surface area contributed by atoms with Crippen LogP contribution in [0.25, 0.3) is 0 Å². The number of ketones is 2. The topological polar surface area (TPSA) is 55.8 Å². The molecule has 0 unspecified atom stereocenters. The van der Waals surface area contributed by atoms with Crippen LogP contribution in [0.15, 0.2) is 58.9 Å². The fourth-order valence-corrected chi connectivity index (χ4v) is 9.01. The molecule has 3 aliphatic carbocycles. The molecule has 0 radical (unpaired) electrons. The average molecular weight is 722 g/mol. The van der Waals surface area contributed by atoms with Gasteiger partial charge in [0.15, 0.2) is 23.1 Å². The molecular weight excluding hydrogens is 673 g/mol. The van der Waals surface area contributed by atoms with Gasteiger partial charge in [-0.2, -0.15) is 0 Å². The molecule has 2 aromatic carbocycles. The van der Waals surface area contributed by atoms with Gasteiger partial charge in [0.25, 0.3) is 0 Å². The Balaban J connectivity index is 1.51. The molecular formula is C39H48INO4. The largest absolute Gasteiger partial charge is 0.490 e. The molecule has 0 saturated heterocycles. The highest BCUT2D eigenvalue weighted by molar-refractivity contribution is 14.1. The predicted molar refractivity (Wildman–Crippen MR) is 187 cm³/mol. The van der Waals surface area contributed by atoms with E-state index in [1.54, 1.807) is 0 Å². The second-order valence-corrected chi connectivity index (χ2v) is 16.4. The summed E-state index contributed by atoms with van der Waals surface area (Å²) in [7, 11) is 0. The minimum Gasteiger partial charge on any atom is -0.490 e. The lowest BCUT2D eigenvalue weighted by Crippen LogP contribution is -2.48. The average Bonchev–Trinajstić information content (AvgIpc) is 2.95. The van der Waals surface area contributed by atoms with Gasteiger partial charge < -0.3 is 14.4 Å². The number of aryl methyl sites for hydroxylation is 1. The molecule has 4 aliphatic rings. The standard InChI is InChI=1S/C39H48INO4/c1-7-44-33-18-26(17-28(40)37(33)45-23-25-13-11-12-24(2)16-25)34-35-29(19-38(3,4)21-31(35)42)41(27-14-9-8-10-15-27)30-20-39(5,6)22-32(43)36(30)34/h11-13,16-18,27,34H,7-10,14-15,19-23H2,1-6H3. The highest BCUT2D eigenvalue weighted by Crippen LogP contribution is 2.56. The second-order valence-electron chi connectivity index (χ2n) is 15.2. The molecule has 0 bridgehead atoms.